The number of piperidine rings is 1. The van der Waals surface area contributed by atoms with Crippen molar-refractivity contribution in [3.05, 3.63) is 56.9 Å². The normalized spacial score (nSPS) is 21.3. The van der Waals surface area contributed by atoms with Crippen molar-refractivity contribution in [1.82, 2.24) is 19.8 Å². The number of rotatable bonds is 5. The molecule has 3 heterocycles. The number of anilines is 1. The van der Waals surface area contributed by atoms with Gasteiger partial charge in [-0.25, -0.2) is 4.79 Å². The van der Waals surface area contributed by atoms with Crippen LogP contribution in [0.4, 0.5) is 5.69 Å². The Kier molecular flexibility index (Phi) is 6.01. The van der Waals surface area contributed by atoms with Crippen molar-refractivity contribution in [2.45, 2.75) is 25.4 Å². The number of hydrogen-bond acceptors (Lipinski definition) is 6. The molecule has 1 aromatic heterocycles. The molecule has 156 valence electrons. The highest BCUT2D eigenvalue weighted by molar-refractivity contribution is 5.58. The first-order chi connectivity index (χ1) is 14.1. The van der Waals surface area contributed by atoms with Crippen LogP contribution in [-0.4, -0.2) is 72.2 Å². The van der Waals surface area contributed by atoms with Gasteiger partial charge in [-0.3, -0.25) is 19.6 Å². The van der Waals surface area contributed by atoms with Crippen LogP contribution >= 0.6 is 0 Å². The van der Waals surface area contributed by atoms with Gasteiger partial charge in [0.1, 0.15) is 5.75 Å². The van der Waals surface area contributed by atoms with Crippen LogP contribution in [-0.2, 0) is 6.54 Å². The van der Waals surface area contributed by atoms with Gasteiger partial charge in [-0.15, -0.1) is 0 Å². The molecule has 0 saturated carbocycles. The highest BCUT2D eigenvalue weighted by Crippen LogP contribution is 2.29. The maximum atomic E-state index is 11.5. The Balaban J connectivity index is 1.35. The molecule has 0 spiro atoms. The molecular weight excluding hydrogens is 370 g/mol. The third-order valence-corrected chi connectivity index (χ3v) is 5.95. The standard InChI is InChI=1S/C21H29N5O3/c1-29-19-7-3-2-6-18(19)26-11-9-25(10-12-26)17-5-4-8-24(15-17)14-16-13-20(27)23-21(28)22-16/h2-3,6-7,13,17H,4-5,8-12,14-15H2,1H3,(H2,22,23,27,28). The van der Waals surface area contributed by atoms with Crippen molar-refractivity contribution < 1.29 is 4.74 Å². The molecule has 0 radical (unpaired) electrons. The highest BCUT2D eigenvalue weighted by atomic mass is 16.5. The molecule has 8 nitrogen and oxygen atoms in total. The van der Waals surface area contributed by atoms with Gasteiger partial charge >= 0.3 is 5.69 Å². The molecule has 2 saturated heterocycles. The maximum Gasteiger partial charge on any atom is 0.325 e. The topological polar surface area (TPSA) is 84.7 Å². The average Bonchev–Trinajstić information content (AvgIpc) is 2.73. The molecule has 0 bridgehead atoms. The van der Waals surface area contributed by atoms with Gasteiger partial charge in [0.25, 0.3) is 5.56 Å². The third kappa shape index (κ3) is 4.71. The van der Waals surface area contributed by atoms with Crippen molar-refractivity contribution >= 4 is 5.69 Å². The SMILES string of the molecule is COc1ccccc1N1CCN(C2CCCN(Cc3cc(=O)[nH]c(=O)[nH]3)C2)CC1. The van der Waals surface area contributed by atoms with Crippen molar-refractivity contribution in [1.29, 1.82) is 0 Å². The zero-order chi connectivity index (χ0) is 20.2. The van der Waals surface area contributed by atoms with Crippen molar-refractivity contribution in [2.24, 2.45) is 0 Å². The Labute approximate surface area is 170 Å². The second kappa shape index (κ2) is 8.84. The Morgan fingerprint density at radius 3 is 2.62 bits per heavy atom. The van der Waals surface area contributed by atoms with Gasteiger partial charge in [-0.05, 0) is 31.5 Å². The summed E-state index contributed by atoms with van der Waals surface area (Å²) >= 11 is 0. The van der Waals surface area contributed by atoms with Crippen LogP contribution in [0.2, 0.25) is 0 Å². The van der Waals surface area contributed by atoms with Gasteiger partial charge in [-0.1, -0.05) is 12.1 Å². The van der Waals surface area contributed by atoms with Crippen LogP contribution < -0.4 is 20.9 Å². The number of nitrogens with zero attached hydrogens (tertiary/aromatic N) is 3. The van der Waals surface area contributed by atoms with E-state index in [-0.39, 0.29) is 5.56 Å². The number of piperazine rings is 1. The summed E-state index contributed by atoms with van der Waals surface area (Å²) in [7, 11) is 1.72. The number of benzene rings is 1. The lowest BCUT2D eigenvalue weighted by Gasteiger charge is -2.44. The molecule has 1 aromatic carbocycles. The molecule has 0 amide bonds. The summed E-state index contributed by atoms with van der Waals surface area (Å²) in [5.41, 5.74) is 1.07. The summed E-state index contributed by atoms with van der Waals surface area (Å²) in [4.78, 5) is 35.3. The van der Waals surface area contributed by atoms with Gasteiger partial charge in [0.2, 0.25) is 0 Å². The summed E-state index contributed by atoms with van der Waals surface area (Å²) in [6, 6.07) is 10.2. The number of ether oxygens (including phenoxy) is 1. The summed E-state index contributed by atoms with van der Waals surface area (Å²) < 4.78 is 5.52. The number of hydrogen-bond donors (Lipinski definition) is 2. The van der Waals surface area contributed by atoms with Crippen LogP contribution in [0.25, 0.3) is 0 Å². The Hall–Kier alpha value is -2.58. The number of methoxy groups -OCH3 is 1. The Morgan fingerprint density at radius 1 is 1.07 bits per heavy atom. The van der Waals surface area contributed by atoms with E-state index in [1.54, 1.807) is 7.11 Å². The van der Waals surface area contributed by atoms with E-state index in [2.05, 4.69) is 36.8 Å². The molecule has 2 fully saturated rings. The van der Waals surface area contributed by atoms with Crippen LogP contribution in [0, 0.1) is 0 Å². The van der Waals surface area contributed by atoms with E-state index in [4.69, 9.17) is 4.74 Å². The monoisotopic (exact) mass is 399 g/mol. The van der Waals surface area contributed by atoms with E-state index in [1.807, 2.05) is 12.1 Å². The minimum Gasteiger partial charge on any atom is -0.495 e. The van der Waals surface area contributed by atoms with Gasteiger partial charge in [0.05, 0.1) is 12.8 Å². The fourth-order valence-electron chi connectivity index (χ4n) is 4.54. The number of aromatic amines is 2. The fourth-order valence-corrected chi connectivity index (χ4v) is 4.54. The van der Waals surface area contributed by atoms with E-state index in [0.717, 1.165) is 57.1 Å². The molecule has 2 aliphatic heterocycles. The first kappa shape index (κ1) is 19.7. The maximum absolute atomic E-state index is 11.5. The number of H-pyrrole nitrogens is 2. The third-order valence-electron chi connectivity index (χ3n) is 5.95. The van der Waals surface area contributed by atoms with E-state index >= 15 is 0 Å². The minimum atomic E-state index is -0.437. The summed E-state index contributed by atoms with van der Waals surface area (Å²) in [5.74, 6) is 0.927. The van der Waals surface area contributed by atoms with Crippen LogP contribution in [0.5, 0.6) is 5.75 Å². The van der Waals surface area contributed by atoms with Gasteiger partial charge in [0.15, 0.2) is 0 Å². The lowest BCUT2D eigenvalue weighted by Crippen LogP contribution is -2.55. The molecule has 2 N–H and O–H groups in total. The fraction of sp³-hybridized carbons (Fsp3) is 0.524. The number of likely N-dealkylation sites (tertiary alicyclic amines) is 1. The van der Waals surface area contributed by atoms with E-state index in [1.165, 1.54) is 12.5 Å². The molecule has 4 rings (SSSR count). The lowest BCUT2D eigenvalue weighted by molar-refractivity contribution is 0.0879. The van der Waals surface area contributed by atoms with Crippen LogP contribution in [0.3, 0.4) is 0 Å². The van der Waals surface area contributed by atoms with Crippen molar-refractivity contribution in [2.75, 3.05) is 51.3 Å². The smallest absolute Gasteiger partial charge is 0.325 e. The minimum absolute atomic E-state index is 0.343. The lowest BCUT2D eigenvalue weighted by atomic mass is 10.0. The zero-order valence-corrected chi connectivity index (χ0v) is 16.9. The number of para-hydroxylation sites is 2. The molecule has 1 atom stereocenters. The Bertz CT molecular complexity index is 904. The first-order valence-corrected chi connectivity index (χ1v) is 10.3. The predicted octanol–water partition coefficient (Wildman–Crippen LogP) is 0.858. The van der Waals surface area contributed by atoms with Crippen LogP contribution in [0.1, 0.15) is 18.5 Å². The van der Waals surface area contributed by atoms with E-state index in [9.17, 15) is 9.59 Å². The molecule has 8 heteroatoms. The first-order valence-electron chi connectivity index (χ1n) is 10.3. The van der Waals surface area contributed by atoms with Gasteiger partial charge in [0, 0.05) is 57.1 Å². The zero-order valence-electron chi connectivity index (χ0n) is 16.9. The summed E-state index contributed by atoms with van der Waals surface area (Å²) in [6.07, 6.45) is 2.32. The quantitative estimate of drug-likeness (QED) is 0.776. The van der Waals surface area contributed by atoms with Crippen molar-refractivity contribution in [3.63, 3.8) is 0 Å². The molecule has 29 heavy (non-hydrogen) atoms. The second-order valence-electron chi connectivity index (χ2n) is 7.84. The van der Waals surface area contributed by atoms with Gasteiger partial charge in [-0.2, -0.15) is 0 Å². The predicted molar refractivity (Wildman–Crippen MR) is 113 cm³/mol. The van der Waals surface area contributed by atoms with E-state index < -0.39 is 5.69 Å². The number of aromatic nitrogens is 2. The molecule has 0 aliphatic carbocycles. The molecule has 1 unspecified atom stereocenters. The summed E-state index contributed by atoms with van der Waals surface area (Å²) in [6.45, 7) is 6.58. The van der Waals surface area contributed by atoms with Crippen LogP contribution in [0.15, 0.2) is 39.9 Å². The van der Waals surface area contributed by atoms with E-state index in [0.29, 0.717) is 18.3 Å². The average molecular weight is 399 g/mol. The molecule has 2 aliphatic rings. The van der Waals surface area contributed by atoms with Gasteiger partial charge < -0.3 is 14.6 Å². The molecular formula is C21H29N5O3. The second-order valence-corrected chi connectivity index (χ2v) is 7.84. The Morgan fingerprint density at radius 2 is 1.86 bits per heavy atom. The molecule has 2 aromatic rings. The summed E-state index contributed by atoms with van der Waals surface area (Å²) in [5, 5.41) is 0. The number of nitrogens with one attached hydrogen (secondary N) is 2. The van der Waals surface area contributed by atoms with Crippen molar-refractivity contribution in [3.8, 4) is 5.75 Å². The largest absolute Gasteiger partial charge is 0.495 e. The highest BCUT2D eigenvalue weighted by Gasteiger charge is 2.28.